The molecule has 0 N–H and O–H groups in total. The fourth-order valence-electron chi connectivity index (χ4n) is 3.80. The van der Waals surface area contributed by atoms with Gasteiger partial charge in [0.25, 0.3) is 5.91 Å². The molecule has 1 aliphatic rings. The quantitative estimate of drug-likeness (QED) is 0.563. The Bertz CT molecular complexity index is 1040. The second-order valence-corrected chi connectivity index (χ2v) is 7.95. The molecule has 3 aromatic rings. The Hall–Kier alpha value is -2.91. The monoisotopic (exact) mass is 402 g/mol. The van der Waals surface area contributed by atoms with Gasteiger partial charge in [-0.1, -0.05) is 72.3 Å². The van der Waals surface area contributed by atoms with E-state index in [9.17, 15) is 4.79 Å². The van der Waals surface area contributed by atoms with Crippen molar-refractivity contribution < 1.29 is 4.79 Å². The third-order valence-electron chi connectivity index (χ3n) is 5.12. The van der Waals surface area contributed by atoms with E-state index in [2.05, 4.69) is 0 Å². The van der Waals surface area contributed by atoms with E-state index in [1.54, 1.807) is 0 Å². The highest BCUT2D eigenvalue weighted by atomic mass is 35.5. The molecule has 0 saturated heterocycles. The lowest BCUT2D eigenvalue weighted by Gasteiger charge is -2.29. The van der Waals surface area contributed by atoms with Crippen molar-refractivity contribution in [2.75, 3.05) is 4.90 Å². The summed E-state index contributed by atoms with van der Waals surface area (Å²) in [5, 5.41) is 0.630. The number of halogens is 1. The molecule has 0 radical (unpaired) electrons. The third kappa shape index (κ3) is 3.96. The topological polar surface area (TPSA) is 32.7 Å². The summed E-state index contributed by atoms with van der Waals surface area (Å²) in [5.41, 5.74) is 4.62. The van der Waals surface area contributed by atoms with Crippen molar-refractivity contribution in [3.05, 3.63) is 101 Å². The summed E-state index contributed by atoms with van der Waals surface area (Å²) in [7, 11) is 0. The minimum absolute atomic E-state index is 0.00558. The average molecular weight is 403 g/mol. The minimum Gasteiger partial charge on any atom is -0.307 e. The van der Waals surface area contributed by atoms with Crippen molar-refractivity contribution in [1.29, 1.82) is 0 Å². The van der Waals surface area contributed by atoms with E-state index >= 15 is 0 Å². The summed E-state index contributed by atoms with van der Waals surface area (Å²) in [6.45, 7) is 4.06. The number of aliphatic imine (C=N–C) groups is 1. The van der Waals surface area contributed by atoms with Gasteiger partial charge in [0.15, 0.2) is 0 Å². The second kappa shape index (κ2) is 8.22. The van der Waals surface area contributed by atoms with E-state index in [1.807, 2.05) is 97.6 Å². The van der Waals surface area contributed by atoms with Crippen molar-refractivity contribution >= 4 is 28.9 Å². The van der Waals surface area contributed by atoms with Crippen molar-refractivity contribution in [2.45, 2.75) is 32.4 Å². The van der Waals surface area contributed by atoms with Gasteiger partial charge in [0.1, 0.15) is 6.04 Å². The van der Waals surface area contributed by atoms with Gasteiger partial charge in [0.2, 0.25) is 0 Å². The van der Waals surface area contributed by atoms with Gasteiger partial charge in [-0.25, -0.2) is 0 Å². The molecular formula is C25H23ClN2O. The van der Waals surface area contributed by atoms with Crippen LogP contribution in [0.4, 0.5) is 5.69 Å². The van der Waals surface area contributed by atoms with Crippen LogP contribution >= 0.6 is 11.6 Å². The van der Waals surface area contributed by atoms with Crippen LogP contribution in [0.25, 0.3) is 0 Å². The first-order valence-corrected chi connectivity index (χ1v) is 10.2. The molecular weight excluding hydrogens is 380 g/mol. The van der Waals surface area contributed by atoms with Crippen molar-refractivity contribution in [2.24, 2.45) is 4.99 Å². The molecule has 29 heavy (non-hydrogen) atoms. The van der Waals surface area contributed by atoms with E-state index in [-0.39, 0.29) is 11.9 Å². The maximum absolute atomic E-state index is 13.6. The first-order chi connectivity index (χ1) is 14.0. The van der Waals surface area contributed by atoms with Crippen LogP contribution in [0, 0.1) is 0 Å². The molecule has 1 atom stereocenters. The summed E-state index contributed by atoms with van der Waals surface area (Å²) in [5.74, 6) is 0.0124. The van der Waals surface area contributed by atoms with Gasteiger partial charge in [-0.05, 0) is 37.6 Å². The summed E-state index contributed by atoms with van der Waals surface area (Å²) in [6, 6.07) is 25.2. The molecule has 3 aromatic carbocycles. The average Bonchev–Trinajstić information content (AvgIpc) is 2.84. The summed E-state index contributed by atoms with van der Waals surface area (Å²) in [4.78, 5) is 20.5. The molecule has 0 spiro atoms. The van der Waals surface area contributed by atoms with Crippen LogP contribution in [-0.2, 0) is 11.2 Å². The number of fused-ring (bicyclic) bond motifs is 1. The fourth-order valence-corrected chi connectivity index (χ4v) is 3.97. The van der Waals surface area contributed by atoms with Crippen LogP contribution in [0.15, 0.2) is 83.9 Å². The molecule has 0 bridgehead atoms. The van der Waals surface area contributed by atoms with E-state index < -0.39 is 6.04 Å². The molecule has 3 nitrogen and oxygen atoms in total. The van der Waals surface area contributed by atoms with Gasteiger partial charge >= 0.3 is 0 Å². The Labute approximate surface area is 176 Å². The van der Waals surface area contributed by atoms with Gasteiger partial charge in [0.05, 0.1) is 11.4 Å². The van der Waals surface area contributed by atoms with Crippen LogP contribution in [0.2, 0.25) is 5.02 Å². The summed E-state index contributed by atoms with van der Waals surface area (Å²) >= 11 is 6.35. The predicted octanol–water partition coefficient (Wildman–Crippen LogP) is 5.54. The Morgan fingerprint density at radius 3 is 2.28 bits per heavy atom. The number of benzodiazepines with no additional fused rings is 1. The van der Waals surface area contributed by atoms with E-state index in [1.165, 1.54) is 0 Å². The molecule has 0 aromatic heterocycles. The van der Waals surface area contributed by atoms with Crippen LogP contribution in [0.5, 0.6) is 0 Å². The fraction of sp³-hybridized carbons (Fsp3) is 0.200. The van der Waals surface area contributed by atoms with E-state index in [0.717, 1.165) is 28.1 Å². The normalized spacial score (nSPS) is 16.4. The van der Waals surface area contributed by atoms with Gasteiger partial charge in [0, 0.05) is 28.6 Å². The first kappa shape index (κ1) is 19.4. The second-order valence-electron chi connectivity index (χ2n) is 7.51. The maximum atomic E-state index is 13.6. The van der Waals surface area contributed by atoms with Gasteiger partial charge < -0.3 is 4.90 Å². The number of anilines is 1. The third-order valence-corrected chi connectivity index (χ3v) is 5.35. The number of nitrogens with zero attached hydrogens (tertiary/aromatic N) is 2. The molecule has 4 rings (SSSR count). The lowest BCUT2D eigenvalue weighted by atomic mass is 10.00. The highest BCUT2D eigenvalue weighted by molar-refractivity contribution is 6.32. The number of carbonyl (C=O) groups excluding carboxylic acids is 1. The lowest BCUT2D eigenvalue weighted by molar-refractivity contribution is -0.120. The minimum atomic E-state index is -0.499. The van der Waals surface area contributed by atoms with Crippen LogP contribution in [0.3, 0.4) is 0 Å². The largest absolute Gasteiger partial charge is 0.307 e. The zero-order chi connectivity index (χ0) is 20.4. The number of amides is 1. The number of hydrogen-bond donors (Lipinski definition) is 0. The maximum Gasteiger partial charge on any atom is 0.252 e. The Morgan fingerprint density at radius 1 is 0.966 bits per heavy atom. The molecule has 0 fully saturated rings. The zero-order valence-corrected chi connectivity index (χ0v) is 17.3. The molecule has 1 heterocycles. The smallest absolute Gasteiger partial charge is 0.252 e. The Kier molecular flexibility index (Phi) is 5.50. The van der Waals surface area contributed by atoms with Crippen molar-refractivity contribution in [1.82, 2.24) is 0 Å². The zero-order valence-electron chi connectivity index (χ0n) is 16.5. The molecule has 0 saturated carbocycles. The van der Waals surface area contributed by atoms with E-state index in [0.29, 0.717) is 11.4 Å². The molecule has 146 valence electrons. The Balaban J connectivity index is 1.91. The summed E-state index contributed by atoms with van der Waals surface area (Å²) < 4.78 is 0. The number of benzene rings is 3. The summed E-state index contributed by atoms with van der Waals surface area (Å²) in [6.07, 6.45) is 0.556. The molecule has 4 heteroatoms. The van der Waals surface area contributed by atoms with Crippen LogP contribution in [0.1, 0.15) is 30.5 Å². The molecule has 0 unspecified atom stereocenters. The van der Waals surface area contributed by atoms with Gasteiger partial charge in [-0.2, -0.15) is 0 Å². The standard InChI is InChI=1S/C25H23ClN2O/c1-17(2)28-23-14-13-20(26)16-21(23)24(19-11-7-4-8-12-19)27-22(25(28)29)15-18-9-5-3-6-10-18/h3-14,16-17,22H,15H2,1-2H3/t22-/m0/s1. The van der Waals surface area contributed by atoms with Gasteiger partial charge in [-0.3, -0.25) is 9.79 Å². The SMILES string of the molecule is CC(C)N1C(=O)[C@H](Cc2ccccc2)N=C(c2ccccc2)c2cc(Cl)ccc21. The highest BCUT2D eigenvalue weighted by Gasteiger charge is 2.33. The van der Waals surface area contributed by atoms with E-state index in [4.69, 9.17) is 16.6 Å². The van der Waals surface area contributed by atoms with Crippen molar-refractivity contribution in [3.8, 4) is 0 Å². The molecule has 0 aliphatic carbocycles. The molecule has 1 amide bonds. The Morgan fingerprint density at radius 2 is 1.62 bits per heavy atom. The highest BCUT2D eigenvalue weighted by Crippen LogP contribution is 2.33. The van der Waals surface area contributed by atoms with Gasteiger partial charge in [-0.15, -0.1) is 0 Å². The number of carbonyl (C=O) groups is 1. The van der Waals surface area contributed by atoms with Crippen LogP contribution in [-0.4, -0.2) is 23.7 Å². The van der Waals surface area contributed by atoms with Crippen LogP contribution < -0.4 is 4.90 Å². The number of rotatable bonds is 4. The predicted molar refractivity (Wildman–Crippen MR) is 120 cm³/mol. The van der Waals surface area contributed by atoms with Crippen molar-refractivity contribution in [3.63, 3.8) is 0 Å². The number of hydrogen-bond acceptors (Lipinski definition) is 2. The molecule has 1 aliphatic heterocycles. The lowest BCUT2D eigenvalue weighted by Crippen LogP contribution is -2.43. The first-order valence-electron chi connectivity index (χ1n) is 9.84.